The summed E-state index contributed by atoms with van der Waals surface area (Å²) in [7, 11) is 0. The molecule has 0 unspecified atom stereocenters. The van der Waals surface area contributed by atoms with Crippen LogP contribution >= 0.6 is 0 Å². The van der Waals surface area contributed by atoms with Crippen molar-refractivity contribution in [3.8, 4) is 11.8 Å². The number of rotatable bonds is 2. The molecule has 0 radical (unpaired) electrons. The van der Waals surface area contributed by atoms with E-state index in [1.54, 1.807) is 24.3 Å². The van der Waals surface area contributed by atoms with Gasteiger partial charge in [0, 0.05) is 16.8 Å². The SMILES string of the molecule is Cc1ccc(NC(=O)c2ccc(C#CCO)cc2)cc1C. The highest BCUT2D eigenvalue weighted by atomic mass is 16.2. The van der Waals surface area contributed by atoms with Gasteiger partial charge in [0.25, 0.3) is 5.91 Å². The maximum Gasteiger partial charge on any atom is 0.255 e. The summed E-state index contributed by atoms with van der Waals surface area (Å²) in [5, 5.41) is 11.5. The van der Waals surface area contributed by atoms with E-state index in [-0.39, 0.29) is 12.5 Å². The lowest BCUT2D eigenvalue weighted by atomic mass is 10.1. The molecule has 1 amide bonds. The molecule has 3 nitrogen and oxygen atoms in total. The number of aliphatic hydroxyl groups is 1. The molecule has 0 spiro atoms. The van der Waals surface area contributed by atoms with Crippen molar-refractivity contribution >= 4 is 11.6 Å². The summed E-state index contributed by atoms with van der Waals surface area (Å²) in [4.78, 5) is 12.1. The minimum absolute atomic E-state index is 0.153. The lowest BCUT2D eigenvalue weighted by molar-refractivity contribution is 0.102. The number of hydrogen-bond donors (Lipinski definition) is 2. The maximum atomic E-state index is 12.1. The van der Waals surface area contributed by atoms with Crippen molar-refractivity contribution in [3.05, 3.63) is 64.7 Å². The third-order valence-electron chi connectivity index (χ3n) is 3.22. The summed E-state index contributed by atoms with van der Waals surface area (Å²) in [6, 6.07) is 12.8. The molecule has 0 saturated carbocycles. The first-order chi connectivity index (χ1) is 10.1. The third-order valence-corrected chi connectivity index (χ3v) is 3.22. The fourth-order valence-electron chi connectivity index (χ4n) is 1.87. The lowest BCUT2D eigenvalue weighted by Crippen LogP contribution is -2.11. The lowest BCUT2D eigenvalue weighted by Gasteiger charge is -2.07. The molecule has 2 N–H and O–H groups in total. The summed E-state index contributed by atoms with van der Waals surface area (Å²) >= 11 is 0. The highest BCUT2D eigenvalue weighted by Gasteiger charge is 2.06. The molecule has 2 aromatic rings. The zero-order valence-corrected chi connectivity index (χ0v) is 12.1. The second-order valence-electron chi connectivity index (χ2n) is 4.79. The van der Waals surface area contributed by atoms with E-state index in [1.807, 2.05) is 32.0 Å². The Morgan fingerprint density at radius 3 is 2.43 bits per heavy atom. The zero-order valence-electron chi connectivity index (χ0n) is 12.1. The summed E-state index contributed by atoms with van der Waals surface area (Å²) in [5.74, 6) is 5.21. The molecule has 2 rings (SSSR count). The smallest absolute Gasteiger partial charge is 0.255 e. The van der Waals surface area contributed by atoms with Crippen molar-refractivity contribution in [2.75, 3.05) is 11.9 Å². The molecule has 0 aliphatic carbocycles. The molecule has 0 aliphatic rings. The van der Waals surface area contributed by atoms with E-state index in [4.69, 9.17) is 5.11 Å². The Labute approximate surface area is 124 Å². The van der Waals surface area contributed by atoms with Crippen LogP contribution in [0.4, 0.5) is 5.69 Å². The number of carbonyl (C=O) groups is 1. The average Bonchev–Trinajstić information content (AvgIpc) is 2.49. The van der Waals surface area contributed by atoms with Crippen LogP contribution in [0.25, 0.3) is 0 Å². The number of benzene rings is 2. The van der Waals surface area contributed by atoms with E-state index in [1.165, 1.54) is 5.56 Å². The molecule has 3 heteroatoms. The fraction of sp³-hybridized carbons (Fsp3) is 0.167. The van der Waals surface area contributed by atoms with Gasteiger partial charge >= 0.3 is 0 Å². The molecule has 0 fully saturated rings. The van der Waals surface area contributed by atoms with Crippen LogP contribution in [0, 0.1) is 25.7 Å². The minimum atomic E-state index is -0.172. The Morgan fingerprint density at radius 2 is 1.81 bits per heavy atom. The molecule has 0 heterocycles. The van der Waals surface area contributed by atoms with E-state index in [0.29, 0.717) is 5.56 Å². The monoisotopic (exact) mass is 279 g/mol. The van der Waals surface area contributed by atoms with Gasteiger partial charge in [-0.3, -0.25) is 4.79 Å². The first kappa shape index (κ1) is 14.8. The van der Waals surface area contributed by atoms with Crippen molar-refractivity contribution in [1.29, 1.82) is 0 Å². The minimum Gasteiger partial charge on any atom is -0.384 e. The molecule has 21 heavy (non-hydrogen) atoms. The van der Waals surface area contributed by atoms with E-state index in [2.05, 4.69) is 17.2 Å². The average molecular weight is 279 g/mol. The molecule has 0 aliphatic heterocycles. The van der Waals surface area contributed by atoms with Gasteiger partial charge in [-0.2, -0.15) is 0 Å². The van der Waals surface area contributed by atoms with Gasteiger partial charge in [0.2, 0.25) is 0 Å². The summed E-state index contributed by atoms with van der Waals surface area (Å²) < 4.78 is 0. The number of amides is 1. The van der Waals surface area contributed by atoms with Crippen LogP contribution in [0.15, 0.2) is 42.5 Å². The first-order valence-corrected chi connectivity index (χ1v) is 6.68. The quantitative estimate of drug-likeness (QED) is 0.830. The van der Waals surface area contributed by atoms with E-state index in [9.17, 15) is 4.79 Å². The first-order valence-electron chi connectivity index (χ1n) is 6.68. The van der Waals surface area contributed by atoms with Crippen LogP contribution in [0.1, 0.15) is 27.0 Å². The van der Waals surface area contributed by atoms with Crippen LogP contribution in [0.3, 0.4) is 0 Å². The number of carbonyl (C=O) groups excluding carboxylic acids is 1. The Morgan fingerprint density at radius 1 is 1.10 bits per heavy atom. The van der Waals surface area contributed by atoms with Gasteiger partial charge in [0.15, 0.2) is 0 Å². The molecule has 0 bridgehead atoms. The number of aryl methyl sites for hydroxylation is 2. The number of anilines is 1. The summed E-state index contributed by atoms with van der Waals surface area (Å²) in [5.41, 5.74) is 4.46. The van der Waals surface area contributed by atoms with E-state index < -0.39 is 0 Å². The molecule has 106 valence electrons. The van der Waals surface area contributed by atoms with Crippen molar-refractivity contribution in [2.24, 2.45) is 0 Å². The van der Waals surface area contributed by atoms with Crippen LogP contribution in [-0.2, 0) is 0 Å². The van der Waals surface area contributed by atoms with Crippen molar-refractivity contribution in [1.82, 2.24) is 0 Å². The number of aliphatic hydroxyl groups excluding tert-OH is 1. The van der Waals surface area contributed by atoms with Crippen LogP contribution in [0.2, 0.25) is 0 Å². The Kier molecular flexibility index (Phi) is 4.76. The van der Waals surface area contributed by atoms with Crippen molar-refractivity contribution < 1.29 is 9.90 Å². The van der Waals surface area contributed by atoms with Crippen molar-refractivity contribution in [2.45, 2.75) is 13.8 Å². The summed E-state index contributed by atoms with van der Waals surface area (Å²) in [6.07, 6.45) is 0. The van der Waals surface area contributed by atoms with E-state index in [0.717, 1.165) is 16.8 Å². The molecular weight excluding hydrogens is 262 g/mol. The van der Waals surface area contributed by atoms with Crippen LogP contribution in [0.5, 0.6) is 0 Å². The zero-order chi connectivity index (χ0) is 15.2. The van der Waals surface area contributed by atoms with Gasteiger partial charge in [-0.05, 0) is 61.4 Å². The largest absolute Gasteiger partial charge is 0.384 e. The Balaban J connectivity index is 2.11. The maximum absolute atomic E-state index is 12.1. The van der Waals surface area contributed by atoms with Gasteiger partial charge in [0.1, 0.15) is 6.61 Å². The molecular formula is C18H17NO2. The van der Waals surface area contributed by atoms with E-state index >= 15 is 0 Å². The highest BCUT2D eigenvalue weighted by Crippen LogP contribution is 2.15. The van der Waals surface area contributed by atoms with Crippen LogP contribution in [-0.4, -0.2) is 17.6 Å². The molecule has 0 saturated heterocycles. The summed E-state index contributed by atoms with van der Waals surface area (Å²) in [6.45, 7) is 3.88. The second kappa shape index (κ2) is 6.74. The number of nitrogens with one attached hydrogen (secondary N) is 1. The van der Waals surface area contributed by atoms with Gasteiger partial charge in [-0.25, -0.2) is 0 Å². The topological polar surface area (TPSA) is 49.3 Å². The van der Waals surface area contributed by atoms with Crippen LogP contribution < -0.4 is 5.32 Å². The standard InChI is InChI=1S/C18H17NO2/c1-13-5-10-17(12-14(13)2)19-18(21)16-8-6-15(7-9-16)4-3-11-20/h5-10,12,20H,11H2,1-2H3,(H,19,21). The fourth-order valence-corrected chi connectivity index (χ4v) is 1.87. The third kappa shape index (κ3) is 3.95. The number of hydrogen-bond acceptors (Lipinski definition) is 2. The van der Waals surface area contributed by atoms with Gasteiger partial charge in [-0.15, -0.1) is 0 Å². The molecule has 0 aromatic heterocycles. The molecule has 0 atom stereocenters. The second-order valence-corrected chi connectivity index (χ2v) is 4.79. The predicted octanol–water partition coefficient (Wildman–Crippen LogP) is 2.90. The normalized spacial score (nSPS) is 9.67. The molecule has 2 aromatic carbocycles. The van der Waals surface area contributed by atoms with Crippen molar-refractivity contribution in [3.63, 3.8) is 0 Å². The van der Waals surface area contributed by atoms with Gasteiger partial charge in [0.05, 0.1) is 0 Å². The Hall–Kier alpha value is -2.57. The van der Waals surface area contributed by atoms with Gasteiger partial charge in [-0.1, -0.05) is 17.9 Å². The Bertz CT molecular complexity index is 706. The van der Waals surface area contributed by atoms with Gasteiger partial charge < -0.3 is 10.4 Å². The highest BCUT2D eigenvalue weighted by molar-refractivity contribution is 6.04. The predicted molar refractivity (Wildman–Crippen MR) is 84.3 cm³/mol.